The first-order valence-corrected chi connectivity index (χ1v) is 9.19. The fourth-order valence-electron chi connectivity index (χ4n) is 2.27. The Hall–Kier alpha value is -0.780. The zero-order valence-corrected chi connectivity index (χ0v) is 13.2. The van der Waals surface area contributed by atoms with Crippen molar-refractivity contribution in [2.24, 2.45) is 0 Å². The van der Waals surface area contributed by atoms with Gasteiger partial charge in [-0.25, -0.2) is 8.42 Å². The molecule has 0 bridgehead atoms. The van der Waals surface area contributed by atoms with Gasteiger partial charge in [0.25, 0.3) is 0 Å². The van der Waals surface area contributed by atoms with E-state index in [9.17, 15) is 8.42 Å². The van der Waals surface area contributed by atoms with Crippen molar-refractivity contribution < 1.29 is 13.2 Å². The summed E-state index contributed by atoms with van der Waals surface area (Å²) >= 11 is 6.07. The Kier molecular flexibility index (Phi) is 5.29. The monoisotopic (exact) mass is 317 g/mol. The molecule has 1 aliphatic heterocycles. The first-order valence-electron chi connectivity index (χ1n) is 6.75. The second-order valence-electron chi connectivity index (χ2n) is 5.22. The maximum absolute atomic E-state index is 11.2. The Balaban J connectivity index is 1.79. The zero-order chi connectivity index (χ0) is 14.6. The van der Waals surface area contributed by atoms with Crippen LogP contribution in [0.3, 0.4) is 0 Å². The topological polar surface area (TPSA) is 46.6 Å². The van der Waals surface area contributed by atoms with E-state index in [1.54, 1.807) is 0 Å². The van der Waals surface area contributed by atoms with Gasteiger partial charge in [0.1, 0.15) is 21.7 Å². The standard InChI is InChI=1S/C14H20ClNO3S/c1-20(17,18)11-10-16-8-6-12(7-9-16)19-14-5-3-2-4-13(14)15/h2-5,12H,6-11H2,1H3. The number of nitrogens with zero attached hydrogens (tertiary/aromatic N) is 1. The Labute approximate surface area is 125 Å². The van der Waals surface area contributed by atoms with E-state index in [1.165, 1.54) is 6.26 Å². The van der Waals surface area contributed by atoms with Crippen LogP contribution in [-0.2, 0) is 9.84 Å². The molecular formula is C14H20ClNO3S. The third-order valence-corrected chi connectivity index (χ3v) is 4.68. The van der Waals surface area contributed by atoms with Gasteiger partial charge in [-0.3, -0.25) is 0 Å². The van der Waals surface area contributed by atoms with Crippen molar-refractivity contribution in [2.75, 3.05) is 31.6 Å². The Bertz CT molecular complexity index is 539. The third-order valence-electron chi connectivity index (χ3n) is 3.44. The maximum Gasteiger partial charge on any atom is 0.148 e. The molecule has 0 aliphatic carbocycles. The number of halogens is 1. The van der Waals surface area contributed by atoms with Crippen molar-refractivity contribution >= 4 is 21.4 Å². The molecule has 1 aliphatic rings. The number of rotatable bonds is 5. The minimum atomic E-state index is -2.88. The second kappa shape index (κ2) is 6.78. The molecule has 6 heteroatoms. The number of hydrogen-bond donors (Lipinski definition) is 0. The summed E-state index contributed by atoms with van der Waals surface area (Å²) in [6.07, 6.45) is 3.23. The van der Waals surface area contributed by atoms with Crippen molar-refractivity contribution in [2.45, 2.75) is 18.9 Å². The maximum atomic E-state index is 11.2. The normalized spacial score (nSPS) is 18.1. The number of hydrogen-bond acceptors (Lipinski definition) is 4. The molecule has 1 heterocycles. The first-order chi connectivity index (χ1) is 9.44. The molecule has 4 nitrogen and oxygen atoms in total. The molecule has 0 aromatic heterocycles. The van der Waals surface area contributed by atoms with Crippen LogP contribution in [0.5, 0.6) is 5.75 Å². The van der Waals surface area contributed by atoms with Crippen LogP contribution in [0.25, 0.3) is 0 Å². The third kappa shape index (κ3) is 4.96. The van der Waals surface area contributed by atoms with Gasteiger partial charge < -0.3 is 9.64 Å². The van der Waals surface area contributed by atoms with Gasteiger partial charge in [0.05, 0.1) is 10.8 Å². The lowest BCUT2D eigenvalue weighted by atomic mass is 10.1. The quantitative estimate of drug-likeness (QED) is 0.835. The highest BCUT2D eigenvalue weighted by atomic mass is 35.5. The summed E-state index contributed by atoms with van der Waals surface area (Å²) < 4.78 is 28.2. The van der Waals surface area contributed by atoms with Crippen LogP contribution in [0.1, 0.15) is 12.8 Å². The summed E-state index contributed by atoms with van der Waals surface area (Å²) in [5.74, 6) is 0.951. The number of ether oxygens (including phenoxy) is 1. The van der Waals surface area contributed by atoms with E-state index in [0.29, 0.717) is 11.6 Å². The molecule has 0 saturated carbocycles. The van der Waals surface area contributed by atoms with E-state index < -0.39 is 9.84 Å². The van der Waals surface area contributed by atoms with Gasteiger partial charge in [-0.1, -0.05) is 23.7 Å². The highest BCUT2D eigenvalue weighted by Gasteiger charge is 2.21. The molecular weight excluding hydrogens is 298 g/mol. The summed E-state index contributed by atoms with van der Waals surface area (Å²) in [6.45, 7) is 2.34. The number of sulfone groups is 1. The van der Waals surface area contributed by atoms with Crippen LogP contribution >= 0.6 is 11.6 Å². The van der Waals surface area contributed by atoms with Crippen LogP contribution in [0.2, 0.25) is 5.02 Å². The predicted octanol–water partition coefficient (Wildman–Crippen LogP) is 2.23. The van der Waals surface area contributed by atoms with Gasteiger partial charge in [0, 0.05) is 25.9 Å². The largest absolute Gasteiger partial charge is 0.489 e. The average Bonchev–Trinajstić information content (AvgIpc) is 2.40. The van der Waals surface area contributed by atoms with Gasteiger partial charge in [0.15, 0.2) is 0 Å². The van der Waals surface area contributed by atoms with Crippen LogP contribution in [0.15, 0.2) is 24.3 Å². The summed E-state index contributed by atoms with van der Waals surface area (Å²) in [7, 11) is -2.88. The van der Waals surface area contributed by atoms with Crippen molar-refractivity contribution in [1.29, 1.82) is 0 Å². The molecule has 112 valence electrons. The predicted molar refractivity (Wildman–Crippen MR) is 81.3 cm³/mol. The Morgan fingerprint density at radius 3 is 2.55 bits per heavy atom. The number of likely N-dealkylation sites (tertiary alicyclic amines) is 1. The van der Waals surface area contributed by atoms with Crippen molar-refractivity contribution in [3.8, 4) is 5.75 Å². The summed E-state index contributed by atoms with van der Waals surface area (Å²) in [5.41, 5.74) is 0. The molecule has 0 spiro atoms. The molecule has 0 unspecified atom stereocenters. The average molecular weight is 318 g/mol. The zero-order valence-electron chi connectivity index (χ0n) is 11.6. The van der Waals surface area contributed by atoms with E-state index in [4.69, 9.17) is 16.3 Å². The summed E-state index contributed by atoms with van der Waals surface area (Å²) in [4.78, 5) is 2.17. The van der Waals surface area contributed by atoms with Gasteiger partial charge in [0.2, 0.25) is 0 Å². The van der Waals surface area contributed by atoms with E-state index in [0.717, 1.165) is 31.7 Å². The van der Waals surface area contributed by atoms with Gasteiger partial charge >= 0.3 is 0 Å². The minimum absolute atomic E-state index is 0.157. The molecule has 1 aromatic rings. The lowest BCUT2D eigenvalue weighted by Gasteiger charge is -2.32. The summed E-state index contributed by atoms with van der Waals surface area (Å²) in [5, 5.41) is 0.631. The van der Waals surface area contributed by atoms with E-state index in [2.05, 4.69) is 4.90 Å². The van der Waals surface area contributed by atoms with Crippen molar-refractivity contribution in [1.82, 2.24) is 4.90 Å². The molecule has 1 aromatic carbocycles. The van der Waals surface area contributed by atoms with Crippen LogP contribution in [0, 0.1) is 0 Å². The lowest BCUT2D eigenvalue weighted by molar-refractivity contribution is 0.104. The molecule has 0 amide bonds. The molecule has 0 N–H and O–H groups in total. The molecule has 0 atom stereocenters. The van der Waals surface area contributed by atoms with Crippen molar-refractivity contribution in [3.63, 3.8) is 0 Å². The van der Waals surface area contributed by atoms with Gasteiger partial charge in [-0.2, -0.15) is 0 Å². The second-order valence-corrected chi connectivity index (χ2v) is 7.89. The van der Waals surface area contributed by atoms with Crippen LogP contribution < -0.4 is 4.74 Å². The number of para-hydroxylation sites is 1. The highest BCUT2D eigenvalue weighted by molar-refractivity contribution is 7.90. The van der Waals surface area contributed by atoms with E-state index in [1.807, 2.05) is 24.3 Å². The van der Waals surface area contributed by atoms with Gasteiger partial charge in [-0.05, 0) is 25.0 Å². The highest BCUT2D eigenvalue weighted by Crippen LogP contribution is 2.26. The van der Waals surface area contributed by atoms with Gasteiger partial charge in [-0.15, -0.1) is 0 Å². The molecule has 1 saturated heterocycles. The minimum Gasteiger partial charge on any atom is -0.489 e. The lowest BCUT2D eigenvalue weighted by Crippen LogP contribution is -2.40. The molecule has 20 heavy (non-hydrogen) atoms. The van der Waals surface area contributed by atoms with E-state index >= 15 is 0 Å². The van der Waals surface area contributed by atoms with E-state index in [-0.39, 0.29) is 11.9 Å². The fourth-order valence-corrected chi connectivity index (χ4v) is 3.04. The smallest absolute Gasteiger partial charge is 0.148 e. The van der Waals surface area contributed by atoms with Crippen LogP contribution in [-0.4, -0.2) is 51.1 Å². The fraction of sp³-hybridized carbons (Fsp3) is 0.571. The summed E-state index contributed by atoms with van der Waals surface area (Å²) in [6, 6.07) is 7.47. The first kappa shape index (κ1) is 15.6. The Morgan fingerprint density at radius 1 is 1.30 bits per heavy atom. The Morgan fingerprint density at radius 2 is 1.95 bits per heavy atom. The molecule has 2 rings (SSSR count). The van der Waals surface area contributed by atoms with Crippen LogP contribution in [0.4, 0.5) is 0 Å². The number of benzene rings is 1. The number of piperidine rings is 1. The molecule has 1 fully saturated rings. The molecule has 0 radical (unpaired) electrons. The SMILES string of the molecule is CS(=O)(=O)CCN1CCC(Oc2ccccc2Cl)CC1. The van der Waals surface area contributed by atoms with Crippen molar-refractivity contribution in [3.05, 3.63) is 29.3 Å².